The molecule has 0 spiro atoms. The Kier molecular flexibility index (Phi) is 6.81. The number of carbonyl (C=O) groups is 2. The molecule has 0 aromatic heterocycles. The molecular formula is C13H15BrClNO4. The average molecular weight is 365 g/mol. The molecule has 0 aliphatic heterocycles. The first-order valence-corrected chi connectivity index (χ1v) is 7.10. The summed E-state index contributed by atoms with van der Waals surface area (Å²) in [6.45, 7) is 1.97. The number of carbonyl (C=O) groups excluding carboxylic acids is 2. The number of rotatable bonds is 6. The van der Waals surface area contributed by atoms with E-state index >= 15 is 0 Å². The van der Waals surface area contributed by atoms with Crippen LogP contribution in [-0.2, 0) is 19.1 Å². The molecule has 1 unspecified atom stereocenters. The van der Waals surface area contributed by atoms with Crippen LogP contribution in [0.4, 0.5) is 5.69 Å². The van der Waals surface area contributed by atoms with E-state index < -0.39 is 18.0 Å². The van der Waals surface area contributed by atoms with Crippen molar-refractivity contribution in [1.82, 2.24) is 0 Å². The van der Waals surface area contributed by atoms with E-state index in [0.717, 1.165) is 0 Å². The SMILES string of the molecule is CCOC(=O)CC(Nc1ccc(Cl)c(Br)c1)C(=O)OC. The van der Waals surface area contributed by atoms with E-state index in [1.165, 1.54) is 7.11 Å². The Labute approximate surface area is 130 Å². The quantitative estimate of drug-likeness (QED) is 0.786. The largest absolute Gasteiger partial charge is 0.467 e. The van der Waals surface area contributed by atoms with Gasteiger partial charge >= 0.3 is 11.9 Å². The molecule has 1 atom stereocenters. The van der Waals surface area contributed by atoms with Crippen LogP contribution in [0.25, 0.3) is 0 Å². The third kappa shape index (κ3) is 5.02. The van der Waals surface area contributed by atoms with Crippen LogP contribution in [0, 0.1) is 0 Å². The predicted octanol–water partition coefficient (Wildman–Crippen LogP) is 3.01. The van der Waals surface area contributed by atoms with Crippen molar-refractivity contribution in [1.29, 1.82) is 0 Å². The highest BCUT2D eigenvalue weighted by Crippen LogP contribution is 2.26. The molecule has 1 N–H and O–H groups in total. The van der Waals surface area contributed by atoms with Crippen LogP contribution in [0.2, 0.25) is 5.02 Å². The van der Waals surface area contributed by atoms with E-state index in [1.807, 2.05) is 0 Å². The maximum Gasteiger partial charge on any atom is 0.328 e. The average Bonchev–Trinajstić information content (AvgIpc) is 2.41. The smallest absolute Gasteiger partial charge is 0.328 e. The minimum Gasteiger partial charge on any atom is -0.467 e. The second-order valence-electron chi connectivity index (χ2n) is 3.86. The lowest BCUT2D eigenvalue weighted by Gasteiger charge is -2.17. The summed E-state index contributed by atoms with van der Waals surface area (Å²) in [6, 6.07) is 4.27. The van der Waals surface area contributed by atoms with Gasteiger partial charge in [0.05, 0.1) is 25.2 Å². The van der Waals surface area contributed by atoms with Crippen LogP contribution in [0.3, 0.4) is 0 Å². The number of halogens is 2. The number of esters is 2. The first-order valence-electron chi connectivity index (χ1n) is 5.93. The van der Waals surface area contributed by atoms with E-state index in [2.05, 4.69) is 26.0 Å². The first kappa shape index (κ1) is 16.8. The number of hydrogen-bond donors (Lipinski definition) is 1. The van der Waals surface area contributed by atoms with Crippen molar-refractivity contribution in [3.05, 3.63) is 27.7 Å². The summed E-state index contributed by atoms with van der Waals surface area (Å²) in [4.78, 5) is 23.2. The van der Waals surface area contributed by atoms with Crippen molar-refractivity contribution in [2.45, 2.75) is 19.4 Å². The second kappa shape index (κ2) is 8.11. The van der Waals surface area contributed by atoms with Crippen molar-refractivity contribution in [3.8, 4) is 0 Å². The summed E-state index contributed by atoms with van der Waals surface area (Å²) in [6.07, 6.45) is -0.110. The third-order valence-electron chi connectivity index (χ3n) is 2.42. The topological polar surface area (TPSA) is 64.6 Å². The standard InChI is InChI=1S/C13H15BrClNO4/c1-3-20-12(17)7-11(13(18)19-2)16-8-4-5-10(15)9(14)6-8/h4-6,11,16H,3,7H2,1-2H3. The normalized spacial score (nSPS) is 11.6. The molecule has 7 heteroatoms. The van der Waals surface area contributed by atoms with Crippen molar-refractivity contribution in [3.63, 3.8) is 0 Å². The van der Waals surface area contributed by atoms with Crippen LogP contribution in [0.15, 0.2) is 22.7 Å². The Bertz CT molecular complexity index is 495. The van der Waals surface area contributed by atoms with Gasteiger partial charge in [-0.15, -0.1) is 0 Å². The van der Waals surface area contributed by atoms with Crippen LogP contribution in [0.1, 0.15) is 13.3 Å². The molecule has 0 amide bonds. The van der Waals surface area contributed by atoms with E-state index in [1.54, 1.807) is 25.1 Å². The summed E-state index contributed by atoms with van der Waals surface area (Å²) in [5.74, 6) is -1.01. The molecule has 0 aliphatic carbocycles. The third-order valence-corrected chi connectivity index (χ3v) is 3.64. The van der Waals surface area contributed by atoms with Crippen molar-refractivity contribution in [2.75, 3.05) is 19.0 Å². The van der Waals surface area contributed by atoms with Gasteiger partial charge in [-0.2, -0.15) is 0 Å². The highest BCUT2D eigenvalue weighted by molar-refractivity contribution is 9.10. The number of ether oxygens (including phenoxy) is 2. The van der Waals surface area contributed by atoms with Crippen LogP contribution < -0.4 is 5.32 Å². The maximum atomic E-state index is 11.7. The lowest BCUT2D eigenvalue weighted by molar-refractivity contribution is -0.149. The fourth-order valence-corrected chi connectivity index (χ4v) is 2.01. The molecule has 5 nitrogen and oxygen atoms in total. The summed E-state index contributed by atoms with van der Waals surface area (Å²) in [5, 5.41) is 3.47. The lowest BCUT2D eigenvalue weighted by Crippen LogP contribution is -2.33. The summed E-state index contributed by atoms with van der Waals surface area (Å²) in [7, 11) is 1.26. The van der Waals surface area contributed by atoms with Gasteiger partial charge in [0, 0.05) is 10.2 Å². The molecule has 20 heavy (non-hydrogen) atoms. The van der Waals surface area contributed by atoms with Gasteiger partial charge in [-0.25, -0.2) is 4.79 Å². The Morgan fingerprint density at radius 1 is 1.45 bits per heavy atom. The van der Waals surface area contributed by atoms with Gasteiger partial charge in [-0.05, 0) is 41.1 Å². The maximum absolute atomic E-state index is 11.7. The number of nitrogens with one attached hydrogen (secondary N) is 1. The molecule has 0 radical (unpaired) electrons. The second-order valence-corrected chi connectivity index (χ2v) is 5.12. The fraction of sp³-hybridized carbons (Fsp3) is 0.385. The van der Waals surface area contributed by atoms with E-state index in [0.29, 0.717) is 15.2 Å². The molecule has 0 aliphatic rings. The van der Waals surface area contributed by atoms with Gasteiger partial charge < -0.3 is 14.8 Å². The monoisotopic (exact) mass is 363 g/mol. The minimum absolute atomic E-state index is 0.110. The molecule has 0 fully saturated rings. The predicted molar refractivity (Wildman–Crippen MR) is 79.8 cm³/mol. The van der Waals surface area contributed by atoms with Gasteiger partial charge in [0.25, 0.3) is 0 Å². The lowest BCUT2D eigenvalue weighted by atomic mass is 10.2. The minimum atomic E-state index is -0.813. The van der Waals surface area contributed by atoms with Crippen molar-refractivity contribution in [2.24, 2.45) is 0 Å². The summed E-state index contributed by atoms with van der Waals surface area (Å²) < 4.78 is 10.2. The van der Waals surface area contributed by atoms with Crippen LogP contribution in [-0.4, -0.2) is 31.7 Å². The number of hydrogen-bond acceptors (Lipinski definition) is 5. The number of anilines is 1. The van der Waals surface area contributed by atoms with Crippen molar-refractivity contribution < 1.29 is 19.1 Å². The van der Waals surface area contributed by atoms with Crippen LogP contribution >= 0.6 is 27.5 Å². The number of benzene rings is 1. The van der Waals surface area contributed by atoms with Gasteiger partial charge in [0.2, 0.25) is 0 Å². The molecule has 0 bridgehead atoms. The van der Waals surface area contributed by atoms with E-state index in [-0.39, 0.29) is 13.0 Å². The first-order chi connectivity index (χ1) is 9.47. The Hall–Kier alpha value is -1.27. The highest BCUT2D eigenvalue weighted by atomic mass is 79.9. The molecular weight excluding hydrogens is 350 g/mol. The zero-order chi connectivity index (χ0) is 15.1. The molecule has 1 rings (SSSR count). The zero-order valence-electron chi connectivity index (χ0n) is 11.1. The van der Waals surface area contributed by atoms with Gasteiger partial charge in [0.15, 0.2) is 0 Å². The molecule has 1 aromatic rings. The van der Waals surface area contributed by atoms with Crippen LogP contribution in [0.5, 0.6) is 0 Å². The van der Waals surface area contributed by atoms with E-state index in [4.69, 9.17) is 16.3 Å². The molecule has 0 saturated carbocycles. The van der Waals surface area contributed by atoms with Gasteiger partial charge in [-0.1, -0.05) is 11.6 Å². The van der Waals surface area contributed by atoms with Crippen molar-refractivity contribution >= 4 is 45.2 Å². The molecule has 0 saturated heterocycles. The highest BCUT2D eigenvalue weighted by Gasteiger charge is 2.23. The Balaban J connectivity index is 2.80. The fourth-order valence-electron chi connectivity index (χ4n) is 1.51. The Morgan fingerprint density at radius 2 is 2.15 bits per heavy atom. The van der Waals surface area contributed by atoms with E-state index in [9.17, 15) is 9.59 Å². The summed E-state index contributed by atoms with van der Waals surface area (Å²) in [5.41, 5.74) is 0.640. The van der Waals surface area contributed by atoms with Gasteiger partial charge in [0.1, 0.15) is 6.04 Å². The summed E-state index contributed by atoms with van der Waals surface area (Å²) >= 11 is 9.18. The zero-order valence-corrected chi connectivity index (χ0v) is 13.5. The molecule has 1 aromatic carbocycles. The number of methoxy groups -OCH3 is 1. The molecule has 110 valence electrons. The van der Waals surface area contributed by atoms with Gasteiger partial charge in [-0.3, -0.25) is 4.79 Å². The molecule has 0 heterocycles. The Morgan fingerprint density at radius 3 is 2.70 bits per heavy atom.